The summed E-state index contributed by atoms with van der Waals surface area (Å²) >= 11 is 0. The Morgan fingerprint density at radius 1 is 1.15 bits per heavy atom. The molecule has 8 heteroatoms. The molecule has 2 aliphatic heterocycles. The molecule has 1 atom stereocenters. The van der Waals surface area contributed by atoms with Crippen LogP contribution in [0, 0.1) is 5.92 Å². The standard InChI is InChI=1S/C18H26N4O3.ClH/c1-25-16-7-6-14(11-15(16)19)20-17(23)13-5-4-10-22(12-13)18(24)21-8-2-3-9-21;/h6-7,11,13H,2-5,8-10,12,19H2,1H3,(H,20,23);1H. The maximum absolute atomic E-state index is 12.6. The molecule has 144 valence electrons. The number of amides is 3. The molecule has 26 heavy (non-hydrogen) atoms. The molecule has 0 aromatic heterocycles. The average Bonchev–Trinajstić information content (AvgIpc) is 3.16. The minimum Gasteiger partial charge on any atom is -0.495 e. The van der Waals surface area contributed by atoms with Gasteiger partial charge >= 0.3 is 6.03 Å². The van der Waals surface area contributed by atoms with Gasteiger partial charge < -0.3 is 25.6 Å². The lowest BCUT2D eigenvalue weighted by atomic mass is 9.97. The lowest BCUT2D eigenvalue weighted by Gasteiger charge is -2.34. The fraction of sp³-hybridized carbons (Fsp3) is 0.556. The molecule has 2 fully saturated rings. The molecular formula is C18H27ClN4O3. The van der Waals surface area contributed by atoms with Gasteiger partial charge in [0.15, 0.2) is 0 Å². The summed E-state index contributed by atoms with van der Waals surface area (Å²) in [7, 11) is 1.55. The highest BCUT2D eigenvalue weighted by atomic mass is 35.5. The van der Waals surface area contributed by atoms with Gasteiger partial charge in [-0.05, 0) is 43.9 Å². The van der Waals surface area contributed by atoms with Crippen LogP contribution in [0.3, 0.4) is 0 Å². The Morgan fingerprint density at radius 2 is 1.85 bits per heavy atom. The van der Waals surface area contributed by atoms with Crippen LogP contribution >= 0.6 is 12.4 Å². The second-order valence-corrected chi connectivity index (χ2v) is 6.71. The van der Waals surface area contributed by atoms with E-state index in [1.165, 1.54) is 0 Å². The third kappa shape index (κ3) is 4.52. The number of hydrogen-bond donors (Lipinski definition) is 2. The van der Waals surface area contributed by atoms with Crippen LogP contribution in [0.15, 0.2) is 18.2 Å². The number of ether oxygens (including phenoxy) is 1. The number of urea groups is 1. The van der Waals surface area contributed by atoms with Crippen LogP contribution in [-0.2, 0) is 4.79 Å². The van der Waals surface area contributed by atoms with Gasteiger partial charge in [-0.25, -0.2) is 4.79 Å². The zero-order valence-electron chi connectivity index (χ0n) is 15.1. The second kappa shape index (κ2) is 8.98. The van der Waals surface area contributed by atoms with Gasteiger partial charge in [-0.3, -0.25) is 4.79 Å². The number of hydrogen-bond acceptors (Lipinski definition) is 4. The van der Waals surface area contributed by atoms with E-state index in [2.05, 4.69) is 5.32 Å². The number of carbonyl (C=O) groups is 2. The van der Waals surface area contributed by atoms with Gasteiger partial charge in [0, 0.05) is 31.9 Å². The fourth-order valence-corrected chi connectivity index (χ4v) is 3.53. The number of piperidine rings is 1. The van der Waals surface area contributed by atoms with Crippen molar-refractivity contribution in [3.63, 3.8) is 0 Å². The maximum Gasteiger partial charge on any atom is 0.320 e. The zero-order chi connectivity index (χ0) is 17.8. The number of anilines is 2. The van der Waals surface area contributed by atoms with E-state index in [4.69, 9.17) is 10.5 Å². The predicted molar refractivity (Wildman–Crippen MR) is 104 cm³/mol. The maximum atomic E-state index is 12.6. The Bertz CT molecular complexity index is 649. The van der Waals surface area contributed by atoms with Crippen molar-refractivity contribution in [1.29, 1.82) is 0 Å². The van der Waals surface area contributed by atoms with Crippen LogP contribution in [0.2, 0.25) is 0 Å². The molecule has 2 saturated heterocycles. The van der Waals surface area contributed by atoms with E-state index in [9.17, 15) is 9.59 Å². The number of methoxy groups -OCH3 is 1. The molecule has 3 rings (SSSR count). The summed E-state index contributed by atoms with van der Waals surface area (Å²) in [4.78, 5) is 28.8. The fourth-order valence-electron chi connectivity index (χ4n) is 3.53. The van der Waals surface area contributed by atoms with Crippen LogP contribution in [0.4, 0.5) is 16.2 Å². The highest BCUT2D eigenvalue weighted by Crippen LogP contribution is 2.26. The Balaban J connectivity index is 0.00000243. The van der Waals surface area contributed by atoms with Gasteiger partial charge in [0.05, 0.1) is 18.7 Å². The Hall–Kier alpha value is -2.15. The van der Waals surface area contributed by atoms with Gasteiger partial charge in [-0.15, -0.1) is 12.4 Å². The van der Waals surface area contributed by atoms with E-state index in [0.717, 1.165) is 45.3 Å². The third-order valence-corrected chi connectivity index (χ3v) is 4.94. The van der Waals surface area contributed by atoms with E-state index < -0.39 is 0 Å². The summed E-state index contributed by atoms with van der Waals surface area (Å²) in [6, 6.07) is 5.26. The minimum atomic E-state index is -0.191. The van der Waals surface area contributed by atoms with Gasteiger partial charge in [0.1, 0.15) is 5.75 Å². The molecule has 0 bridgehead atoms. The Kier molecular flexibility index (Phi) is 6.97. The van der Waals surface area contributed by atoms with Crippen molar-refractivity contribution < 1.29 is 14.3 Å². The second-order valence-electron chi connectivity index (χ2n) is 6.71. The number of nitrogens with zero attached hydrogens (tertiary/aromatic N) is 2. The number of likely N-dealkylation sites (tertiary alicyclic amines) is 2. The lowest BCUT2D eigenvalue weighted by molar-refractivity contribution is -0.121. The van der Waals surface area contributed by atoms with Crippen molar-refractivity contribution in [3.05, 3.63) is 18.2 Å². The third-order valence-electron chi connectivity index (χ3n) is 4.94. The summed E-state index contributed by atoms with van der Waals surface area (Å²) in [5.74, 6) is 0.324. The topological polar surface area (TPSA) is 87.9 Å². The van der Waals surface area contributed by atoms with Crippen LogP contribution < -0.4 is 15.8 Å². The van der Waals surface area contributed by atoms with Crippen molar-refractivity contribution in [2.24, 2.45) is 5.92 Å². The van der Waals surface area contributed by atoms with Gasteiger partial charge in [0.2, 0.25) is 5.91 Å². The predicted octanol–water partition coefficient (Wildman–Crippen LogP) is 2.57. The summed E-state index contributed by atoms with van der Waals surface area (Å²) in [6.45, 7) is 2.87. The lowest BCUT2D eigenvalue weighted by Crippen LogP contribution is -2.48. The molecule has 0 radical (unpaired) electrons. The molecule has 3 N–H and O–H groups in total. The first-order valence-electron chi connectivity index (χ1n) is 8.86. The molecule has 1 aromatic rings. The monoisotopic (exact) mass is 382 g/mol. The minimum absolute atomic E-state index is 0. The summed E-state index contributed by atoms with van der Waals surface area (Å²) in [5, 5.41) is 2.91. The van der Waals surface area contributed by atoms with Crippen molar-refractivity contribution in [3.8, 4) is 5.75 Å². The van der Waals surface area contributed by atoms with Gasteiger partial charge in [-0.1, -0.05) is 0 Å². The number of nitrogens with two attached hydrogens (primary N) is 1. The number of benzene rings is 1. The SMILES string of the molecule is COc1ccc(NC(=O)C2CCCN(C(=O)N3CCCC3)C2)cc1N.Cl. The van der Waals surface area contributed by atoms with E-state index in [0.29, 0.717) is 23.7 Å². The molecule has 3 amide bonds. The van der Waals surface area contributed by atoms with Gasteiger partial charge in [0.25, 0.3) is 0 Å². The number of nitrogen functional groups attached to an aromatic ring is 1. The van der Waals surface area contributed by atoms with Crippen LogP contribution in [0.1, 0.15) is 25.7 Å². The molecule has 2 heterocycles. The summed E-state index contributed by atoms with van der Waals surface area (Å²) in [6.07, 6.45) is 3.79. The smallest absolute Gasteiger partial charge is 0.320 e. The highest BCUT2D eigenvalue weighted by molar-refractivity contribution is 5.93. The Labute approximate surface area is 160 Å². The van der Waals surface area contributed by atoms with Crippen molar-refractivity contribution >= 4 is 35.7 Å². The number of nitrogens with one attached hydrogen (secondary N) is 1. The van der Waals surface area contributed by atoms with E-state index in [1.807, 2.05) is 9.80 Å². The molecule has 0 spiro atoms. The van der Waals surface area contributed by atoms with E-state index in [-0.39, 0.29) is 30.3 Å². The van der Waals surface area contributed by atoms with Crippen LogP contribution in [0.5, 0.6) is 5.75 Å². The zero-order valence-corrected chi connectivity index (χ0v) is 15.9. The molecule has 7 nitrogen and oxygen atoms in total. The molecule has 1 aromatic carbocycles. The van der Waals surface area contributed by atoms with Crippen molar-refractivity contribution in [2.45, 2.75) is 25.7 Å². The molecule has 2 aliphatic rings. The first-order valence-corrected chi connectivity index (χ1v) is 8.86. The summed E-state index contributed by atoms with van der Waals surface area (Å²) < 4.78 is 5.12. The number of halogens is 1. The van der Waals surface area contributed by atoms with E-state index in [1.54, 1.807) is 25.3 Å². The molecule has 0 aliphatic carbocycles. The number of rotatable bonds is 3. The largest absolute Gasteiger partial charge is 0.495 e. The van der Waals surface area contributed by atoms with Crippen LogP contribution in [-0.4, -0.2) is 55.0 Å². The molecule has 0 saturated carbocycles. The Morgan fingerprint density at radius 3 is 2.50 bits per heavy atom. The molecule has 1 unspecified atom stereocenters. The first kappa shape index (κ1) is 20.2. The first-order chi connectivity index (χ1) is 12.1. The van der Waals surface area contributed by atoms with Crippen LogP contribution in [0.25, 0.3) is 0 Å². The highest BCUT2D eigenvalue weighted by Gasteiger charge is 2.31. The quantitative estimate of drug-likeness (QED) is 0.786. The number of carbonyl (C=O) groups excluding carboxylic acids is 2. The van der Waals surface area contributed by atoms with Crippen molar-refractivity contribution in [1.82, 2.24) is 9.80 Å². The molecular weight excluding hydrogens is 356 g/mol. The average molecular weight is 383 g/mol. The summed E-state index contributed by atoms with van der Waals surface area (Å²) in [5.41, 5.74) is 7.01. The van der Waals surface area contributed by atoms with Gasteiger partial charge in [-0.2, -0.15) is 0 Å². The normalized spacial score (nSPS) is 19.7. The van der Waals surface area contributed by atoms with Crippen molar-refractivity contribution in [2.75, 3.05) is 44.3 Å². The van der Waals surface area contributed by atoms with E-state index >= 15 is 0 Å².